The van der Waals surface area contributed by atoms with Crippen LogP contribution in [0.15, 0.2) is 16.8 Å². The summed E-state index contributed by atoms with van der Waals surface area (Å²) in [6.07, 6.45) is 2.46. The van der Waals surface area contributed by atoms with Crippen LogP contribution in [0.3, 0.4) is 0 Å². The highest BCUT2D eigenvalue weighted by Gasteiger charge is 2.08. The summed E-state index contributed by atoms with van der Waals surface area (Å²) in [4.78, 5) is 0. The molecule has 74 valence electrons. The summed E-state index contributed by atoms with van der Waals surface area (Å²) in [7, 11) is 1.80. The zero-order valence-corrected chi connectivity index (χ0v) is 8.40. The van der Waals surface area contributed by atoms with E-state index < -0.39 is 0 Å². The first kappa shape index (κ1) is 9.21. The molecule has 0 unspecified atom stereocenters. The van der Waals surface area contributed by atoms with Gasteiger partial charge in [0.2, 0.25) is 0 Å². The second kappa shape index (κ2) is 3.79. The van der Waals surface area contributed by atoms with Gasteiger partial charge < -0.3 is 4.52 Å². The van der Waals surface area contributed by atoms with E-state index in [0.717, 1.165) is 5.76 Å². The molecule has 0 saturated carbocycles. The van der Waals surface area contributed by atoms with E-state index in [9.17, 15) is 0 Å². The minimum Gasteiger partial charge on any atom is -0.361 e. The smallest absolute Gasteiger partial charge is 0.138 e. The number of aryl methyl sites for hydroxylation is 2. The van der Waals surface area contributed by atoms with Gasteiger partial charge in [0, 0.05) is 25.4 Å². The summed E-state index contributed by atoms with van der Waals surface area (Å²) in [5, 5.41) is 11.6. The zero-order chi connectivity index (χ0) is 9.97. The van der Waals surface area contributed by atoms with Gasteiger partial charge in [-0.05, 0) is 0 Å². The van der Waals surface area contributed by atoms with Crippen molar-refractivity contribution >= 4 is 11.6 Å². The van der Waals surface area contributed by atoms with Gasteiger partial charge in [-0.25, -0.2) is 0 Å². The van der Waals surface area contributed by atoms with Crippen LogP contribution in [0, 0.1) is 0 Å². The molecule has 0 bridgehead atoms. The Labute approximate surface area is 85.6 Å². The van der Waals surface area contributed by atoms with Crippen molar-refractivity contribution in [2.45, 2.75) is 6.42 Å². The lowest BCUT2D eigenvalue weighted by molar-refractivity contribution is 0.389. The van der Waals surface area contributed by atoms with Gasteiger partial charge in [-0.3, -0.25) is 4.68 Å². The molecular formula is C8H9ClN4O. The molecule has 0 atom stereocenters. The van der Waals surface area contributed by atoms with Crippen molar-refractivity contribution < 1.29 is 4.52 Å². The predicted molar refractivity (Wildman–Crippen MR) is 50.9 cm³/mol. The number of rotatable bonds is 3. The molecule has 2 rings (SSSR count). The quantitative estimate of drug-likeness (QED) is 0.719. The monoisotopic (exact) mass is 212 g/mol. The van der Waals surface area contributed by atoms with Gasteiger partial charge in [-0.2, -0.15) is 0 Å². The van der Waals surface area contributed by atoms with Crippen molar-refractivity contribution in [1.82, 2.24) is 20.2 Å². The van der Waals surface area contributed by atoms with Crippen LogP contribution in [0.25, 0.3) is 11.4 Å². The van der Waals surface area contributed by atoms with Gasteiger partial charge >= 0.3 is 0 Å². The molecule has 0 aliphatic rings. The third kappa shape index (κ3) is 1.77. The third-order valence-corrected chi connectivity index (χ3v) is 1.95. The molecule has 0 aliphatic heterocycles. The first-order valence-corrected chi connectivity index (χ1v) is 4.71. The van der Waals surface area contributed by atoms with E-state index in [2.05, 4.69) is 15.5 Å². The molecule has 0 aromatic carbocycles. The molecular weight excluding hydrogens is 204 g/mol. The van der Waals surface area contributed by atoms with Crippen molar-refractivity contribution in [1.29, 1.82) is 0 Å². The maximum absolute atomic E-state index is 5.58. The van der Waals surface area contributed by atoms with Crippen LogP contribution in [0.2, 0.25) is 0 Å². The van der Waals surface area contributed by atoms with Crippen LogP contribution in [0.4, 0.5) is 0 Å². The Morgan fingerprint density at radius 2 is 2.36 bits per heavy atom. The molecule has 2 heterocycles. The number of aromatic nitrogens is 4. The van der Waals surface area contributed by atoms with E-state index >= 15 is 0 Å². The van der Waals surface area contributed by atoms with Crippen molar-refractivity contribution in [3.8, 4) is 11.4 Å². The second-order valence-electron chi connectivity index (χ2n) is 2.89. The molecule has 0 fully saturated rings. The van der Waals surface area contributed by atoms with E-state index in [0.29, 0.717) is 23.7 Å². The van der Waals surface area contributed by atoms with Crippen molar-refractivity contribution in [3.63, 3.8) is 0 Å². The molecule has 0 aliphatic carbocycles. The Morgan fingerprint density at radius 3 is 3.00 bits per heavy atom. The van der Waals surface area contributed by atoms with Crippen LogP contribution < -0.4 is 0 Å². The Balaban J connectivity index is 2.24. The van der Waals surface area contributed by atoms with E-state index in [4.69, 9.17) is 16.1 Å². The maximum Gasteiger partial charge on any atom is 0.138 e. The van der Waals surface area contributed by atoms with Gasteiger partial charge in [0.15, 0.2) is 0 Å². The summed E-state index contributed by atoms with van der Waals surface area (Å²) in [5.74, 6) is 1.29. The van der Waals surface area contributed by atoms with Gasteiger partial charge in [0.1, 0.15) is 17.1 Å². The fourth-order valence-electron chi connectivity index (χ4n) is 1.11. The Bertz CT molecular complexity index is 422. The summed E-state index contributed by atoms with van der Waals surface area (Å²) in [6.45, 7) is 0. The molecule has 14 heavy (non-hydrogen) atoms. The molecule has 0 N–H and O–H groups in total. The number of nitrogens with zero attached hydrogens (tertiary/aromatic N) is 4. The van der Waals surface area contributed by atoms with Gasteiger partial charge in [-0.1, -0.05) is 10.4 Å². The minimum absolute atomic E-state index is 0.523. The van der Waals surface area contributed by atoms with Gasteiger partial charge in [0.05, 0.1) is 6.20 Å². The van der Waals surface area contributed by atoms with Crippen LogP contribution in [0.1, 0.15) is 5.76 Å². The summed E-state index contributed by atoms with van der Waals surface area (Å²) >= 11 is 5.58. The number of alkyl halides is 1. The first-order chi connectivity index (χ1) is 6.79. The Morgan fingerprint density at radius 1 is 1.50 bits per heavy atom. The van der Waals surface area contributed by atoms with Gasteiger partial charge in [0.25, 0.3) is 0 Å². The lowest BCUT2D eigenvalue weighted by Gasteiger charge is -1.83. The molecule has 0 spiro atoms. The van der Waals surface area contributed by atoms with Gasteiger partial charge in [-0.15, -0.1) is 16.7 Å². The zero-order valence-electron chi connectivity index (χ0n) is 7.64. The SMILES string of the molecule is Cn1cc(-c2cc(CCCl)on2)nn1. The van der Waals surface area contributed by atoms with Crippen LogP contribution in [0.5, 0.6) is 0 Å². The Kier molecular flexibility index (Phi) is 2.49. The molecule has 2 aromatic heterocycles. The van der Waals surface area contributed by atoms with Crippen molar-refractivity contribution in [2.75, 3.05) is 5.88 Å². The summed E-state index contributed by atoms with van der Waals surface area (Å²) in [6, 6.07) is 1.83. The average molecular weight is 213 g/mol. The average Bonchev–Trinajstić information content (AvgIpc) is 2.74. The highest BCUT2D eigenvalue weighted by molar-refractivity contribution is 6.17. The van der Waals surface area contributed by atoms with Crippen LogP contribution in [-0.4, -0.2) is 26.0 Å². The fourth-order valence-corrected chi connectivity index (χ4v) is 1.30. The maximum atomic E-state index is 5.58. The molecule has 0 saturated heterocycles. The van der Waals surface area contributed by atoms with E-state index in [1.165, 1.54) is 0 Å². The Hall–Kier alpha value is -1.36. The third-order valence-electron chi connectivity index (χ3n) is 1.76. The lowest BCUT2D eigenvalue weighted by atomic mass is 10.3. The highest BCUT2D eigenvalue weighted by Crippen LogP contribution is 2.16. The van der Waals surface area contributed by atoms with Crippen molar-refractivity contribution in [3.05, 3.63) is 18.0 Å². The van der Waals surface area contributed by atoms with E-state index in [-0.39, 0.29) is 0 Å². The normalized spacial score (nSPS) is 10.7. The topological polar surface area (TPSA) is 56.7 Å². The molecule has 5 nitrogen and oxygen atoms in total. The molecule has 2 aromatic rings. The first-order valence-electron chi connectivity index (χ1n) is 4.18. The fraction of sp³-hybridized carbons (Fsp3) is 0.375. The predicted octanol–water partition coefficient (Wildman–Crippen LogP) is 1.25. The van der Waals surface area contributed by atoms with Crippen molar-refractivity contribution in [2.24, 2.45) is 7.05 Å². The number of hydrogen-bond acceptors (Lipinski definition) is 4. The van der Waals surface area contributed by atoms with Crippen LogP contribution in [-0.2, 0) is 13.5 Å². The number of halogens is 1. The minimum atomic E-state index is 0.523. The molecule has 6 heteroatoms. The molecule has 0 amide bonds. The molecule has 0 radical (unpaired) electrons. The summed E-state index contributed by atoms with van der Waals surface area (Å²) < 4.78 is 6.67. The highest BCUT2D eigenvalue weighted by atomic mass is 35.5. The van der Waals surface area contributed by atoms with Crippen LogP contribution >= 0.6 is 11.6 Å². The van der Waals surface area contributed by atoms with E-state index in [1.54, 1.807) is 17.9 Å². The standard InChI is InChI=1S/C8H9ClN4O/c1-13-5-8(10-12-13)7-4-6(2-3-9)14-11-7/h4-5H,2-3H2,1H3. The second-order valence-corrected chi connectivity index (χ2v) is 3.27. The lowest BCUT2D eigenvalue weighted by Crippen LogP contribution is -1.85. The number of hydrogen-bond donors (Lipinski definition) is 0. The summed E-state index contributed by atoms with van der Waals surface area (Å²) in [5.41, 5.74) is 1.40. The van der Waals surface area contributed by atoms with E-state index in [1.807, 2.05) is 6.07 Å². The largest absolute Gasteiger partial charge is 0.361 e.